The number of thiocarbonyl (C=S) groups is 1. The monoisotopic (exact) mass is 188 g/mol. The second kappa shape index (κ2) is 7.35. The Morgan fingerprint density at radius 3 is 1.83 bits per heavy atom. The average Bonchev–Trinajstić information content (AvgIpc) is 2.04. The first kappa shape index (κ1) is 11.7. The topological polar surface area (TPSA) is 29.3 Å². The van der Waals surface area contributed by atoms with Gasteiger partial charge in [-0.2, -0.15) is 0 Å². The molecule has 72 valence electrons. The predicted octanol–water partition coefficient (Wildman–Crippen LogP) is 2.13. The molecular formula is C9H20N2S. The molecule has 0 bridgehead atoms. The fraction of sp³-hybridized carbons (Fsp3) is 0.889. The maximum atomic E-state index is 5.58. The van der Waals surface area contributed by atoms with Crippen molar-refractivity contribution in [2.45, 2.75) is 39.5 Å². The highest BCUT2D eigenvalue weighted by Gasteiger charge is 2.03. The van der Waals surface area contributed by atoms with E-state index in [1.54, 1.807) is 0 Å². The lowest BCUT2D eigenvalue weighted by Gasteiger charge is -2.21. The zero-order valence-corrected chi connectivity index (χ0v) is 8.99. The Morgan fingerprint density at radius 2 is 1.58 bits per heavy atom. The maximum Gasteiger partial charge on any atom is 0.166 e. The van der Waals surface area contributed by atoms with Gasteiger partial charge in [0.05, 0.1) is 0 Å². The van der Waals surface area contributed by atoms with Crippen molar-refractivity contribution in [3.8, 4) is 0 Å². The molecular weight excluding hydrogens is 168 g/mol. The van der Waals surface area contributed by atoms with E-state index in [-0.39, 0.29) is 0 Å². The second-order valence-corrected chi connectivity index (χ2v) is 3.45. The van der Waals surface area contributed by atoms with Crippen molar-refractivity contribution in [2.75, 3.05) is 13.1 Å². The third kappa shape index (κ3) is 5.35. The van der Waals surface area contributed by atoms with Gasteiger partial charge in [-0.15, -0.1) is 0 Å². The van der Waals surface area contributed by atoms with Gasteiger partial charge in [0.25, 0.3) is 0 Å². The highest BCUT2D eigenvalue weighted by Crippen LogP contribution is 1.98. The van der Waals surface area contributed by atoms with Gasteiger partial charge in [-0.3, -0.25) is 0 Å². The molecule has 2 N–H and O–H groups in total. The Bertz CT molecular complexity index is 118. The Balaban J connectivity index is 3.62. The number of rotatable bonds is 6. The van der Waals surface area contributed by atoms with E-state index < -0.39 is 0 Å². The Kier molecular flexibility index (Phi) is 7.16. The molecule has 0 unspecified atom stereocenters. The highest BCUT2D eigenvalue weighted by molar-refractivity contribution is 7.80. The van der Waals surface area contributed by atoms with Gasteiger partial charge in [0.15, 0.2) is 5.11 Å². The number of nitrogens with zero attached hydrogens (tertiary/aromatic N) is 1. The van der Waals surface area contributed by atoms with E-state index in [1.807, 2.05) is 0 Å². The summed E-state index contributed by atoms with van der Waals surface area (Å²) in [5, 5.41) is 0.553. The Hall–Kier alpha value is -0.310. The number of hydrogen-bond acceptors (Lipinski definition) is 1. The second-order valence-electron chi connectivity index (χ2n) is 3.03. The largest absolute Gasteiger partial charge is 0.376 e. The van der Waals surface area contributed by atoms with Crippen LogP contribution in [0.5, 0.6) is 0 Å². The number of unbranched alkanes of at least 4 members (excludes halogenated alkanes) is 2. The normalized spacial score (nSPS) is 9.83. The first-order valence-electron chi connectivity index (χ1n) is 4.76. The van der Waals surface area contributed by atoms with Crippen molar-refractivity contribution in [1.29, 1.82) is 0 Å². The van der Waals surface area contributed by atoms with E-state index in [1.165, 1.54) is 25.7 Å². The third-order valence-electron chi connectivity index (χ3n) is 1.87. The van der Waals surface area contributed by atoms with Crippen molar-refractivity contribution in [3.05, 3.63) is 0 Å². The summed E-state index contributed by atoms with van der Waals surface area (Å²) < 4.78 is 0. The molecule has 0 rings (SSSR count). The zero-order valence-electron chi connectivity index (χ0n) is 8.18. The molecule has 0 spiro atoms. The lowest BCUT2D eigenvalue weighted by atomic mass is 10.3. The predicted molar refractivity (Wildman–Crippen MR) is 58.2 cm³/mol. The summed E-state index contributed by atoms with van der Waals surface area (Å²) in [5.74, 6) is 0. The molecule has 0 fully saturated rings. The van der Waals surface area contributed by atoms with Gasteiger partial charge < -0.3 is 10.6 Å². The fourth-order valence-corrected chi connectivity index (χ4v) is 1.21. The zero-order chi connectivity index (χ0) is 9.40. The smallest absolute Gasteiger partial charge is 0.166 e. The molecule has 0 radical (unpaired) electrons. The van der Waals surface area contributed by atoms with Gasteiger partial charge in [-0.25, -0.2) is 0 Å². The molecule has 0 aromatic heterocycles. The molecule has 0 atom stereocenters. The summed E-state index contributed by atoms with van der Waals surface area (Å²) in [5.41, 5.74) is 5.58. The van der Waals surface area contributed by atoms with Gasteiger partial charge in [-0.05, 0) is 25.1 Å². The van der Waals surface area contributed by atoms with Crippen LogP contribution in [0.4, 0.5) is 0 Å². The molecule has 0 amide bonds. The highest BCUT2D eigenvalue weighted by atomic mass is 32.1. The van der Waals surface area contributed by atoms with Crippen LogP contribution >= 0.6 is 12.2 Å². The molecule has 2 nitrogen and oxygen atoms in total. The van der Waals surface area contributed by atoms with Gasteiger partial charge in [0.2, 0.25) is 0 Å². The van der Waals surface area contributed by atoms with E-state index in [0.717, 1.165) is 13.1 Å². The average molecular weight is 188 g/mol. The molecule has 0 aliphatic carbocycles. The molecule has 0 aromatic carbocycles. The summed E-state index contributed by atoms with van der Waals surface area (Å²) in [4.78, 5) is 2.10. The van der Waals surface area contributed by atoms with Gasteiger partial charge >= 0.3 is 0 Å². The van der Waals surface area contributed by atoms with E-state index in [2.05, 4.69) is 18.7 Å². The SMILES string of the molecule is CCCCN(CCCC)C(N)=S. The van der Waals surface area contributed by atoms with Crippen LogP contribution < -0.4 is 5.73 Å². The van der Waals surface area contributed by atoms with Gasteiger partial charge in [0, 0.05) is 13.1 Å². The number of hydrogen-bond donors (Lipinski definition) is 1. The Labute approximate surface area is 81.1 Å². The van der Waals surface area contributed by atoms with Crippen molar-refractivity contribution >= 4 is 17.3 Å². The molecule has 0 heterocycles. The lowest BCUT2D eigenvalue weighted by molar-refractivity contribution is 0.401. The minimum Gasteiger partial charge on any atom is -0.376 e. The molecule has 3 heteroatoms. The van der Waals surface area contributed by atoms with Crippen LogP contribution in [0, 0.1) is 0 Å². The van der Waals surface area contributed by atoms with Crippen molar-refractivity contribution in [1.82, 2.24) is 4.90 Å². The van der Waals surface area contributed by atoms with Crippen LogP contribution in [-0.4, -0.2) is 23.1 Å². The fourth-order valence-electron chi connectivity index (χ4n) is 1.03. The third-order valence-corrected chi connectivity index (χ3v) is 2.13. The molecule has 0 aliphatic heterocycles. The molecule has 0 saturated carbocycles. The molecule has 0 aliphatic rings. The van der Waals surface area contributed by atoms with Gasteiger partial charge in [0.1, 0.15) is 0 Å². The van der Waals surface area contributed by atoms with Crippen LogP contribution in [0.3, 0.4) is 0 Å². The van der Waals surface area contributed by atoms with Gasteiger partial charge in [-0.1, -0.05) is 26.7 Å². The van der Waals surface area contributed by atoms with Crippen molar-refractivity contribution < 1.29 is 0 Å². The number of nitrogens with two attached hydrogens (primary N) is 1. The van der Waals surface area contributed by atoms with Crippen molar-refractivity contribution in [3.63, 3.8) is 0 Å². The maximum absolute atomic E-state index is 5.58. The van der Waals surface area contributed by atoms with Crippen LogP contribution in [0.25, 0.3) is 0 Å². The lowest BCUT2D eigenvalue weighted by Crippen LogP contribution is -2.36. The van der Waals surface area contributed by atoms with E-state index in [0.29, 0.717) is 5.11 Å². The van der Waals surface area contributed by atoms with E-state index in [9.17, 15) is 0 Å². The summed E-state index contributed by atoms with van der Waals surface area (Å²) in [6, 6.07) is 0. The van der Waals surface area contributed by atoms with E-state index in [4.69, 9.17) is 18.0 Å². The first-order chi connectivity index (χ1) is 5.72. The summed E-state index contributed by atoms with van der Waals surface area (Å²) >= 11 is 4.95. The molecule has 0 saturated heterocycles. The van der Waals surface area contributed by atoms with Crippen LogP contribution in [-0.2, 0) is 0 Å². The quantitative estimate of drug-likeness (QED) is 0.648. The van der Waals surface area contributed by atoms with E-state index >= 15 is 0 Å². The summed E-state index contributed by atoms with van der Waals surface area (Å²) in [6.07, 6.45) is 4.76. The van der Waals surface area contributed by atoms with Crippen LogP contribution in [0.1, 0.15) is 39.5 Å². The minimum absolute atomic E-state index is 0.553. The Morgan fingerprint density at radius 1 is 1.17 bits per heavy atom. The first-order valence-corrected chi connectivity index (χ1v) is 5.17. The molecule has 12 heavy (non-hydrogen) atoms. The molecule has 0 aromatic rings. The van der Waals surface area contributed by atoms with Crippen molar-refractivity contribution in [2.24, 2.45) is 5.73 Å². The summed E-state index contributed by atoms with van der Waals surface area (Å²) in [7, 11) is 0. The van der Waals surface area contributed by atoms with Crippen LogP contribution in [0.2, 0.25) is 0 Å². The standard InChI is InChI=1S/C9H20N2S/c1-3-5-7-11(9(10)12)8-6-4-2/h3-8H2,1-2H3,(H2,10,12). The summed E-state index contributed by atoms with van der Waals surface area (Å²) in [6.45, 7) is 6.40. The van der Waals surface area contributed by atoms with Crippen LogP contribution in [0.15, 0.2) is 0 Å². The minimum atomic E-state index is 0.553.